The van der Waals surface area contributed by atoms with Gasteiger partial charge >= 0.3 is 0 Å². The normalized spacial score (nSPS) is 16.1. The molecular weight excluding hydrogens is 420 g/mol. The van der Waals surface area contributed by atoms with Crippen molar-refractivity contribution in [1.29, 1.82) is 0 Å². The van der Waals surface area contributed by atoms with Crippen LogP contribution in [0.15, 0.2) is 60.7 Å². The van der Waals surface area contributed by atoms with Crippen LogP contribution >= 0.6 is 11.6 Å². The smallest absolute Gasteiger partial charge is 0.229 e. The third-order valence-corrected chi connectivity index (χ3v) is 6.20. The van der Waals surface area contributed by atoms with Gasteiger partial charge < -0.3 is 10.2 Å². The number of piperidine rings is 1. The number of rotatable bonds is 7. The zero-order valence-electron chi connectivity index (χ0n) is 18.4. The molecule has 4 rings (SSSR count). The summed E-state index contributed by atoms with van der Waals surface area (Å²) in [6.07, 6.45) is 5.29. The first-order valence-electron chi connectivity index (χ1n) is 11.4. The Morgan fingerprint density at radius 3 is 2.53 bits per heavy atom. The largest absolute Gasteiger partial charge is 0.354 e. The van der Waals surface area contributed by atoms with Gasteiger partial charge in [-0.1, -0.05) is 49.2 Å². The molecule has 1 saturated heterocycles. The molecule has 3 aromatic rings. The summed E-state index contributed by atoms with van der Waals surface area (Å²) in [6.45, 7) is 3.72. The van der Waals surface area contributed by atoms with E-state index in [1.807, 2.05) is 48.5 Å². The molecule has 6 heteroatoms. The highest BCUT2D eigenvalue weighted by Crippen LogP contribution is 2.25. The zero-order chi connectivity index (χ0) is 22.3. The second-order valence-corrected chi connectivity index (χ2v) is 8.79. The summed E-state index contributed by atoms with van der Waals surface area (Å²) >= 11 is 5.97. The molecule has 0 unspecified atom stereocenters. The quantitative estimate of drug-likeness (QED) is 0.482. The van der Waals surface area contributed by atoms with Gasteiger partial charge in [0.2, 0.25) is 5.91 Å². The Balaban J connectivity index is 1.36. The Kier molecular flexibility index (Phi) is 7.38. The van der Waals surface area contributed by atoms with E-state index in [1.165, 1.54) is 18.4 Å². The van der Waals surface area contributed by atoms with Crippen LogP contribution in [0.1, 0.15) is 38.2 Å². The molecule has 1 fully saturated rings. The molecule has 166 valence electrons. The lowest BCUT2D eigenvalue weighted by Crippen LogP contribution is -2.41. The Labute approximate surface area is 194 Å². The number of carbonyl (C=O) groups excluding carboxylic acids is 1. The van der Waals surface area contributed by atoms with E-state index in [9.17, 15) is 4.79 Å². The number of nitrogens with zero attached hydrogens (tertiary/aromatic N) is 3. The van der Waals surface area contributed by atoms with E-state index in [0.29, 0.717) is 11.6 Å². The SMILES string of the molecule is CCCCc1ccc(NC(=O)[C@@H]2CCCN(c3ccc(-c4ccc(Cl)cc4)nn3)C2)cc1. The van der Waals surface area contributed by atoms with Gasteiger partial charge in [0, 0.05) is 29.4 Å². The maximum absolute atomic E-state index is 12.9. The van der Waals surface area contributed by atoms with Crippen LogP contribution in [-0.2, 0) is 11.2 Å². The summed E-state index contributed by atoms with van der Waals surface area (Å²) in [6, 6.07) is 19.7. The molecule has 5 nitrogen and oxygen atoms in total. The number of unbranched alkanes of at least 4 members (excludes halogenated alkanes) is 1. The average Bonchev–Trinajstić information content (AvgIpc) is 2.84. The Morgan fingerprint density at radius 1 is 1.06 bits per heavy atom. The van der Waals surface area contributed by atoms with Crippen LogP contribution < -0.4 is 10.2 Å². The van der Waals surface area contributed by atoms with Gasteiger partial charge in [0.15, 0.2) is 5.82 Å². The number of carbonyl (C=O) groups is 1. The van der Waals surface area contributed by atoms with E-state index >= 15 is 0 Å². The van der Waals surface area contributed by atoms with Crippen molar-refractivity contribution in [2.75, 3.05) is 23.3 Å². The van der Waals surface area contributed by atoms with Crippen molar-refractivity contribution in [3.05, 3.63) is 71.2 Å². The van der Waals surface area contributed by atoms with Crippen LogP contribution in [0.5, 0.6) is 0 Å². The van der Waals surface area contributed by atoms with Crippen molar-refractivity contribution in [3.8, 4) is 11.3 Å². The van der Waals surface area contributed by atoms with Crippen molar-refractivity contribution < 1.29 is 4.79 Å². The fraction of sp³-hybridized carbons (Fsp3) is 0.346. The number of hydrogen-bond acceptors (Lipinski definition) is 4. The summed E-state index contributed by atoms with van der Waals surface area (Å²) in [5, 5.41) is 12.6. The van der Waals surface area contributed by atoms with E-state index in [0.717, 1.165) is 48.6 Å². The van der Waals surface area contributed by atoms with Crippen LogP contribution in [0, 0.1) is 5.92 Å². The lowest BCUT2D eigenvalue weighted by atomic mass is 9.97. The molecule has 1 N–H and O–H groups in total. The van der Waals surface area contributed by atoms with E-state index in [4.69, 9.17) is 11.6 Å². The summed E-state index contributed by atoms with van der Waals surface area (Å²) in [7, 11) is 0. The van der Waals surface area contributed by atoms with Gasteiger partial charge in [0.25, 0.3) is 0 Å². The third-order valence-electron chi connectivity index (χ3n) is 5.95. The van der Waals surface area contributed by atoms with Crippen molar-refractivity contribution in [2.45, 2.75) is 39.0 Å². The maximum atomic E-state index is 12.9. The number of benzene rings is 2. The van der Waals surface area contributed by atoms with Gasteiger partial charge in [-0.3, -0.25) is 4.79 Å². The van der Waals surface area contributed by atoms with E-state index in [2.05, 4.69) is 39.5 Å². The van der Waals surface area contributed by atoms with Gasteiger partial charge in [0.05, 0.1) is 11.6 Å². The molecule has 0 spiro atoms. The molecule has 2 aromatic carbocycles. The monoisotopic (exact) mass is 448 g/mol. The number of nitrogens with one attached hydrogen (secondary N) is 1. The van der Waals surface area contributed by atoms with Gasteiger partial charge in [-0.25, -0.2) is 0 Å². The molecule has 2 heterocycles. The van der Waals surface area contributed by atoms with Crippen LogP contribution in [0.25, 0.3) is 11.3 Å². The fourth-order valence-corrected chi connectivity index (χ4v) is 4.17. The Hall–Kier alpha value is -2.92. The highest BCUT2D eigenvalue weighted by atomic mass is 35.5. The minimum Gasteiger partial charge on any atom is -0.354 e. The molecule has 1 aliphatic heterocycles. The molecule has 0 radical (unpaired) electrons. The highest BCUT2D eigenvalue weighted by Gasteiger charge is 2.27. The zero-order valence-corrected chi connectivity index (χ0v) is 19.2. The highest BCUT2D eigenvalue weighted by molar-refractivity contribution is 6.30. The molecule has 0 aliphatic carbocycles. The number of amides is 1. The van der Waals surface area contributed by atoms with E-state index < -0.39 is 0 Å². The molecule has 0 bridgehead atoms. The first kappa shape index (κ1) is 22.3. The van der Waals surface area contributed by atoms with Gasteiger partial charge in [-0.2, -0.15) is 0 Å². The summed E-state index contributed by atoms with van der Waals surface area (Å²) in [4.78, 5) is 15.0. The van der Waals surface area contributed by atoms with Crippen LogP contribution in [0.2, 0.25) is 5.02 Å². The molecule has 1 aromatic heterocycles. The molecule has 1 atom stereocenters. The Morgan fingerprint density at radius 2 is 1.84 bits per heavy atom. The first-order valence-corrected chi connectivity index (χ1v) is 11.7. The van der Waals surface area contributed by atoms with E-state index in [1.54, 1.807) is 0 Å². The van der Waals surface area contributed by atoms with Gasteiger partial charge in [0.1, 0.15) is 0 Å². The number of halogens is 1. The lowest BCUT2D eigenvalue weighted by Gasteiger charge is -2.32. The maximum Gasteiger partial charge on any atom is 0.229 e. The minimum absolute atomic E-state index is 0.0683. The predicted octanol–water partition coefficient (Wildman–Crippen LogP) is 5.99. The third kappa shape index (κ3) is 5.65. The topological polar surface area (TPSA) is 58.1 Å². The van der Waals surface area contributed by atoms with Crippen LogP contribution in [0.4, 0.5) is 11.5 Å². The number of hydrogen-bond donors (Lipinski definition) is 1. The molecule has 0 saturated carbocycles. The molecule has 32 heavy (non-hydrogen) atoms. The van der Waals surface area contributed by atoms with E-state index in [-0.39, 0.29) is 11.8 Å². The summed E-state index contributed by atoms with van der Waals surface area (Å²) in [5.41, 5.74) is 3.96. The van der Waals surface area contributed by atoms with Crippen LogP contribution in [0.3, 0.4) is 0 Å². The lowest BCUT2D eigenvalue weighted by molar-refractivity contribution is -0.120. The standard InChI is InChI=1S/C26H29ClN4O/c1-2-3-5-19-7-13-23(14-8-19)28-26(32)21-6-4-17-31(18-21)25-16-15-24(29-30-25)20-9-11-22(27)12-10-20/h7-16,21H,2-6,17-18H2,1H3,(H,28,32)/t21-/m1/s1. The van der Waals surface area contributed by atoms with Crippen molar-refractivity contribution in [2.24, 2.45) is 5.92 Å². The van der Waals surface area contributed by atoms with Gasteiger partial charge in [-0.15, -0.1) is 10.2 Å². The summed E-state index contributed by atoms with van der Waals surface area (Å²) < 4.78 is 0. The van der Waals surface area contributed by atoms with Gasteiger partial charge in [-0.05, 0) is 67.6 Å². The first-order chi connectivity index (χ1) is 15.6. The van der Waals surface area contributed by atoms with Crippen molar-refractivity contribution in [3.63, 3.8) is 0 Å². The molecule has 1 aliphatic rings. The minimum atomic E-state index is -0.0683. The Bertz CT molecular complexity index is 1020. The fourth-order valence-electron chi connectivity index (χ4n) is 4.05. The number of anilines is 2. The number of aryl methyl sites for hydroxylation is 1. The second kappa shape index (κ2) is 10.6. The van der Waals surface area contributed by atoms with Crippen molar-refractivity contribution in [1.82, 2.24) is 10.2 Å². The molecular formula is C26H29ClN4O. The molecule has 1 amide bonds. The second-order valence-electron chi connectivity index (χ2n) is 8.36. The summed E-state index contributed by atoms with van der Waals surface area (Å²) in [5.74, 6) is 0.809. The predicted molar refractivity (Wildman–Crippen MR) is 131 cm³/mol. The van der Waals surface area contributed by atoms with Crippen LogP contribution in [-0.4, -0.2) is 29.2 Å². The number of aromatic nitrogens is 2. The average molecular weight is 449 g/mol. The van der Waals surface area contributed by atoms with Crippen molar-refractivity contribution >= 4 is 29.0 Å².